The number of nitro groups is 1. The summed E-state index contributed by atoms with van der Waals surface area (Å²) >= 11 is 3.34. The Labute approximate surface area is 85.0 Å². The second kappa shape index (κ2) is 4.97. The molecular weight excluding hydrogens is 234 g/mol. The third-order valence-electron chi connectivity index (χ3n) is 1.76. The number of nitrogens with zero attached hydrogens (tertiary/aromatic N) is 1. The molecule has 0 spiro atoms. The van der Waals surface area contributed by atoms with Gasteiger partial charge in [-0.05, 0) is 11.1 Å². The van der Waals surface area contributed by atoms with E-state index < -0.39 is 0 Å². The van der Waals surface area contributed by atoms with E-state index in [9.17, 15) is 10.1 Å². The summed E-state index contributed by atoms with van der Waals surface area (Å²) in [4.78, 5) is 9.80. The SMILES string of the molecule is O=[N+]([O-])CCc1ccc(CBr)cc1. The maximum Gasteiger partial charge on any atom is 0.207 e. The molecule has 0 aliphatic rings. The third-order valence-corrected chi connectivity index (χ3v) is 2.41. The second-order valence-electron chi connectivity index (χ2n) is 2.76. The number of benzene rings is 1. The standard InChI is InChI=1S/C9H10BrNO2/c10-7-9-3-1-8(2-4-9)5-6-11(12)13/h1-4H,5-7H2. The summed E-state index contributed by atoms with van der Waals surface area (Å²) in [6, 6.07) is 7.81. The molecule has 1 rings (SSSR count). The Kier molecular flexibility index (Phi) is 3.89. The van der Waals surface area contributed by atoms with Crippen molar-refractivity contribution in [3.63, 3.8) is 0 Å². The fraction of sp³-hybridized carbons (Fsp3) is 0.333. The van der Waals surface area contributed by atoms with Crippen LogP contribution in [0.1, 0.15) is 11.1 Å². The minimum atomic E-state index is -0.293. The molecule has 0 fully saturated rings. The van der Waals surface area contributed by atoms with Crippen molar-refractivity contribution < 1.29 is 4.92 Å². The van der Waals surface area contributed by atoms with Crippen molar-refractivity contribution in [3.8, 4) is 0 Å². The third kappa shape index (κ3) is 3.55. The van der Waals surface area contributed by atoms with Gasteiger partial charge >= 0.3 is 0 Å². The lowest BCUT2D eigenvalue weighted by atomic mass is 10.1. The molecule has 1 aromatic carbocycles. The van der Waals surface area contributed by atoms with Crippen molar-refractivity contribution in [2.24, 2.45) is 0 Å². The van der Waals surface area contributed by atoms with Crippen LogP contribution < -0.4 is 0 Å². The van der Waals surface area contributed by atoms with Gasteiger partial charge in [-0.2, -0.15) is 0 Å². The van der Waals surface area contributed by atoms with E-state index in [1.807, 2.05) is 24.3 Å². The van der Waals surface area contributed by atoms with E-state index in [2.05, 4.69) is 15.9 Å². The van der Waals surface area contributed by atoms with Gasteiger partial charge < -0.3 is 0 Å². The average molecular weight is 244 g/mol. The Hall–Kier alpha value is -0.900. The molecule has 0 N–H and O–H groups in total. The van der Waals surface area contributed by atoms with Crippen LogP contribution in [-0.2, 0) is 11.8 Å². The van der Waals surface area contributed by atoms with Crippen molar-refractivity contribution in [3.05, 3.63) is 45.5 Å². The van der Waals surface area contributed by atoms with Crippen LogP contribution in [0.15, 0.2) is 24.3 Å². The first-order chi connectivity index (χ1) is 6.22. The zero-order chi connectivity index (χ0) is 9.68. The summed E-state index contributed by atoms with van der Waals surface area (Å²) in [6.45, 7) is 0.00760. The first kappa shape index (κ1) is 10.2. The molecule has 0 aliphatic heterocycles. The molecule has 0 heterocycles. The molecular formula is C9H10BrNO2. The average Bonchev–Trinajstić information content (AvgIpc) is 2.15. The Balaban J connectivity index is 2.54. The highest BCUT2D eigenvalue weighted by molar-refractivity contribution is 9.08. The molecule has 4 heteroatoms. The highest BCUT2D eigenvalue weighted by Crippen LogP contribution is 2.08. The maximum atomic E-state index is 10.1. The molecule has 3 nitrogen and oxygen atoms in total. The molecule has 13 heavy (non-hydrogen) atoms. The molecule has 0 unspecified atom stereocenters. The molecule has 1 aromatic rings. The first-order valence-corrected chi connectivity index (χ1v) is 5.10. The maximum absolute atomic E-state index is 10.1. The van der Waals surface area contributed by atoms with E-state index >= 15 is 0 Å². The number of hydrogen-bond donors (Lipinski definition) is 0. The number of alkyl halides is 1. The molecule has 0 radical (unpaired) electrons. The highest BCUT2D eigenvalue weighted by atomic mass is 79.9. The van der Waals surface area contributed by atoms with Crippen LogP contribution in [0.2, 0.25) is 0 Å². The lowest BCUT2D eigenvalue weighted by Gasteiger charge is -1.98. The van der Waals surface area contributed by atoms with E-state index in [1.165, 1.54) is 5.56 Å². The molecule has 0 saturated heterocycles. The zero-order valence-corrected chi connectivity index (χ0v) is 8.66. The Morgan fingerprint density at radius 1 is 1.23 bits per heavy atom. The van der Waals surface area contributed by atoms with Gasteiger partial charge in [0.1, 0.15) is 0 Å². The highest BCUT2D eigenvalue weighted by Gasteiger charge is 1.99. The summed E-state index contributed by atoms with van der Waals surface area (Å²) in [5, 5.41) is 10.9. The molecule has 0 aliphatic carbocycles. The minimum Gasteiger partial charge on any atom is -0.265 e. The summed E-state index contributed by atoms with van der Waals surface area (Å²) in [6.07, 6.45) is 0.509. The van der Waals surface area contributed by atoms with Gasteiger partial charge in [0, 0.05) is 16.7 Å². The number of hydrogen-bond acceptors (Lipinski definition) is 2. The summed E-state index contributed by atoms with van der Waals surface area (Å²) in [5.41, 5.74) is 2.20. The lowest BCUT2D eigenvalue weighted by molar-refractivity contribution is -0.479. The quantitative estimate of drug-likeness (QED) is 0.463. The van der Waals surface area contributed by atoms with Crippen molar-refractivity contribution in [2.45, 2.75) is 11.8 Å². The largest absolute Gasteiger partial charge is 0.265 e. The van der Waals surface area contributed by atoms with Crippen LogP contribution >= 0.6 is 15.9 Å². The van der Waals surface area contributed by atoms with E-state index in [1.54, 1.807) is 0 Å². The van der Waals surface area contributed by atoms with E-state index in [0.29, 0.717) is 6.42 Å². The van der Waals surface area contributed by atoms with Crippen LogP contribution in [0.25, 0.3) is 0 Å². The van der Waals surface area contributed by atoms with Gasteiger partial charge in [-0.1, -0.05) is 40.2 Å². The molecule has 0 saturated carbocycles. The van der Waals surface area contributed by atoms with Crippen LogP contribution in [-0.4, -0.2) is 11.5 Å². The lowest BCUT2D eigenvalue weighted by Crippen LogP contribution is -2.03. The van der Waals surface area contributed by atoms with Gasteiger partial charge in [-0.3, -0.25) is 10.1 Å². The van der Waals surface area contributed by atoms with Crippen molar-refractivity contribution in [1.29, 1.82) is 0 Å². The fourth-order valence-corrected chi connectivity index (χ4v) is 1.39. The topological polar surface area (TPSA) is 43.1 Å². The van der Waals surface area contributed by atoms with Crippen LogP contribution in [0.5, 0.6) is 0 Å². The van der Waals surface area contributed by atoms with Crippen molar-refractivity contribution in [1.82, 2.24) is 0 Å². The van der Waals surface area contributed by atoms with Gasteiger partial charge in [0.15, 0.2) is 0 Å². The Morgan fingerprint density at radius 2 is 1.77 bits per heavy atom. The van der Waals surface area contributed by atoms with Crippen LogP contribution in [0.3, 0.4) is 0 Å². The van der Waals surface area contributed by atoms with Gasteiger partial charge in [0.05, 0.1) is 0 Å². The predicted molar refractivity (Wildman–Crippen MR) is 54.6 cm³/mol. The molecule has 70 valence electrons. The summed E-state index contributed by atoms with van der Waals surface area (Å²) in [5.74, 6) is 0. The van der Waals surface area contributed by atoms with Crippen molar-refractivity contribution in [2.75, 3.05) is 6.54 Å². The van der Waals surface area contributed by atoms with Gasteiger partial charge in [-0.15, -0.1) is 0 Å². The number of rotatable bonds is 4. The predicted octanol–water partition coefficient (Wildman–Crippen LogP) is 2.40. The normalized spacial score (nSPS) is 9.92. The summed E-state index contributed by atoms with van der Waals surface area (Å²) < 4.78 is 0. The summed E-state index contributed by atoms with van der Waals surface area (Å²) in [7, 11) is 0. The zero-order valence-electron chi connectivity index (χ0n) is 7.07. The monoisotopic (exact) mass is 243 g/mol. The molecule has 0 aromatic heterocycles. The molecule has 0 amide bonds. The van der Waals surface area contributed by atoms with Crippen LogP contribution in [0.4, 0.5) is 0 Å². The second-order valence-corrected chi connectivity index (χ2v) is 3.32. The first-order valence-electron chi connectivity index (χ1n) is 3.98. The van der Waals surface area contributed by atoms with Crippen molar-refractivity contribution >= 4 is 15.9 Å². The van der Waals surface area contributed by atoms with E-state index in [-0.39, 0.29) is 11.5 Å². The van der Waals surface area contributed by atoms with Gasteiger partial charge in [0.25, 0.3) is 0 Å². The van der Waals surface area contributed by atoms with Crippen LogP contribution in [0, 0.1) is 10.1 Å². The Morgan fingerprint density at radius 3 is 2.23 bits per heavy atom. The Bertz CT molecular complexity index is 284. The van der Waals surface area contributed by atoms with Gasteiger partial charge in [-0.25, -0.2) is 0 Å². The fourth-order valence-electron chi connectivity index (χ4n) is 1.02. The van der Waals surface area contributed by atoms with Gasteiger partial charge in [0.2, 0.25) is 6.54 Å². The van der Waals surface area contributed by atoms with E-state index in [4.69, 9.17) is 0 Å². The molecule has 0 bridgehead atoms. The smallest absolute Gasteiger partial charge is 0.207 e. The number of halogens is 1. The molecule has 0 atom stereocenters. The van der Waals surface area contributed by atoms with E-state index in [0.717, 1.165) is 10.9 Å². The minimum absolute atomic E-state index is 0.00760.